The fourth-order valence-corrected chi connectivity index (χ4v) is 4.19. The van der Waals surface area contributed by atoms with Crippen LogP contribution in [-0.2, 0) is 0 Å². The van der Waals surface area contributed by atoms with Gasteiger partial charge in [0.1, 0.15) is 18.0 Å². The minimum atomic E-state index is -1.09. The smallest absolute Gasteiger partial charge is 0.196 e. The van der Waals surface area contributed by atoms with Crippen LogP contribution in [-0.4, -0.2) is 44.6 Å². The molecule has 1 saturated heterocycles. The van der Waals surface area contributed by atoms with Crippen molar-refractivity contribution < 1.29 is 19.7 Å². The van der Waals surface area contributed by atoms with Gasteiger partial charge in [-0.25, -0.2) is 0 Å². The summed E-state index contributed by atoms with van der Waals surface area (Å²) in [6, 6.07) is 15.2. The molecule has 5 nitrogen and oxygen atoms in total. The standard InChI is InChI=1S/C19H17NO4S2/c20-9-11-4-3-5-12(8-11)16(22)13-6-1-2-7-15(13)24-18-17(23)14(21)10-26-19(18)25/h1-8,14,17-19,21,23,25H,10H2/t14-,17+,18-,19+/m1/s1. The van der Waals surface area contributed by atoms with Crippen molar-refractivity contribution in [2.24, 2.45) is 0 Å². The first-order valence-electron chi connectivity index (χ1n) is 7.97. The molecule has 1 heterocycles. The molecule has 2 N–H and O–H groups in total. The lowest BCUT2D eigenvalue weighted by atomic mass is 10.0. The first kappa shape index (κ1) is 18.8. The molecule has 0 saturated carbocycles. The molecule has 0 aromatic heterocycles. The average Bonchev–Trinajstić information content (AvgIpc) is 2.68. The molecule has 0 unspecified atom stereocenters. The first-order valence-corrected chi connectivity index (χ1v) is 9.54. The summed E-state index contributed by atoms with van der Waals surface area (Å²) in [4.78, 5) is 12.9. The molecule has 2 aromatic rings. The maximum Gasteiger partial charge on any atom is 0.196 e. The third-order valence-corrected chi connectivity index (χ3v) is 5.98. The van der Waals surface area contributed by atoms with Crippen molar-refractivity contribution in [3.63, 3.8) is 0 Å². The number of thioether (sulfide) groups is 1. The van der Waals surface area contributed by atoms with Gasteiger partial charge in [-0.3, -0.25) is 4.79 Å². The van der Waals surface area contributed by atoms with Crippen LogP contribution in [0.15, 0.2) is 48.5 Å². The van der Waals surface area contributed by atoms with E-state index in [9.17, 15) is 15.0 Å². The molecule has 1 aliphatic rings. The Hall–Kier alpha value is -1.98. The summed E-state index contributed by atoms with van der Waals surface area (Å²) in [6.07, 6.45) is -2.76. The number of benzene rings is 2. The number of carbonyl (C=O) groups excluding carboxylic acids is 1. The van der Waals surface area contributed by atoms with Gasteiger partial charge in [0, 0.05) is 11.3 Å². The third-order valence-electron chi connectivity index (χ3n) is 4.10. The number of nitrogens with zero attached hydrogens (tertiary/aromatic N) is 1. The fraction of sp³-hybridized carbons (Fsp3) is 0.263. The Morgan fingerprint density at radius 1 is 1.23 bits per heavy atom. The Kier molecular flexibility index (Phi) is 5.89. The van der Waals surface area contributed by atoms with Gasteiger partial charge in [0.2, 0.25) is 0 Å². The summed E-state index contributed by atoms with van der Waals surface area (Å²) in [7, 11) is 0. The molecule has 134 valence electrons. The molecule has 7 heteroatoms. The molecular weight excluding hydrogens is 370 g/mol. The van der Waals surface area contributed by atoms with Crippen LogP contribution in [0.2, 0.25) is 0 Å². The lowest BCUT2D eigenvalue weighted by molar-refractivity contribution is -0.0373. The monoisotopic (exact) mass is 387 g/mol. The van der Waals surface area contributed by atoms with Crippen molar-refractivity contribution in [3.8, 4) is 11.8 Å². The van der Waals surface area contributed by atoms with Crippen LogP contribution in [0, 0.1) is 11.3 Å². The highest BCUT2D eigenvalue weighted by atomic mass is 32.2. The van der Waals surface area contributed by atoms with Crippen LogP contribution in [0.25, 0.3) is 0 Å². The van der Waals surface area contributed by atoms with E-state index in [4.69, 9.17) is 10.00 Å². The number of ether oxygens (including phenoxy) is 1. The summed E-state index contributed by atoms with van der Waals surface area (Å²) < 4.78 is 5.55. The number of aliphatic hydroxyl groups excluding tert-OH is 2. The summed E-state index contributed by atoms with van der Waals surface area (Å²) in [5.41, 5.74) is 1.09. The van der Waals surface area contributed by atoms with Crippen LogP contribution in [0.4, 0.5) is 0 Å². The van der Waals surface area contributed by atoms with Crippen molar-refractivity contribution in [1.82, 2.24) is 0 Å². The average molecular weight is 387 g/mol. The van der Waals surface area contributed by atoms with E-state index in [0.29, 0.717) is 28.2 Å². The van der Waals surface area contributed by atoms with E-state index in [0.717, 1.165) is 0 Å². The highest BCUT2D eigenvalue weighted by molar-refractivity contribution is 8.10. The third kappa shape index (κ3) is 3.89. The highest BCUT2D eigenvalue weighted by Gasteiger charge is 2.39. The van der Waals surface area contributed by atoms with E-state index in [1.807, 2.05) is 6.07 Å². The van der Waals surface area contributed by atoms with Crippen molar-refractivity contribution >= 4 is 30.2 Å². The molecule has 1 aliphatic heterocycles. The molecule has 0 bridgehead atoms. The molecule has 0 amide bonds. The molecule has 0 aliphatic carbocycles. The molecule has 0 radical (unpaired) electrons. The first-order chi connectivity index (χ1) is 12.5. The van der Waals surface area contributed by atoms with Crippen molar-refractivity contribution in [2.75, 3.05) is 5.75 Å². The molecule has 0 spiro atoms. The van der Waals surface area contributed by atoms with Crippen LogP contribution in [0.1, 0.15) is 21.5 Å². The van der Waals surface area contributed by atoms with Gasteiger partial charge in [0.25, 0.3) is 0 Å². The number of rotatable bonds is 4. The van der Waals surface area contributed by atoms with E-state index in [1.165, 1.54) is 17.8 Å². The number of nitriles is 1. The van der Waals surface area contributed by atoms with Gasteiger partial charge < -0.3 is 14.9 Å². The van der Waals surface area contributed by atoms with Gasteiger partial charge in [-0.1, -0.05) is 24.3 Å². The molecular formula is C19H17NO4S2. The summed E-state index contributed by atoms with van der Waals surface area (Å²) in [5.74, 6) is 0.390. The normalized spacial score (nSPS) is 25.3. The van der Waals surface area contributed by atoms with Crippen LogP contribution in [0.3, 0.4) is 0 Å². The second-order valence-corrected chi connectivity index (χ2v) is 7.96. The van der Waals surface area contributed by atoms with Crippen molar-refractivity contribution in [2.45, 2.75) is 22.9 Å². The minimum Gasteiger partial charge on any atom is -0.485 e. The quantitative estimate of drug-likeness (QED) is 0.551. The topological polar surface area (TPSA) is 90.6 Å². The van der Waals surface area contributed by atoms with Gasteiger partial charge in [0.15, 0.2) is 5.78 Å². The molecule has 4 atom stereocenters. The number of aliphatic hydroxyl groups is 2. The number of carbonyl (C=O) groups is 1. The van der Waals surface area contributed by atoms with Crippen LogP contribution in [0.5, 0.6) is 5.75 Å². The number of thiol groups is 1. The van der Waals surface area contributed by atoms with E-state index < -0.39 is 18.3 Å². The largest absolute Gasteiger partial charge is 0.485 e. The zero-order valence-corrected chi connectivity index (χ0v) is 15.4. The van der Waals surface area contributed by atoms with E-state index in [2.05, 4.69) is 12.6 Å². The van der Waals surface area contributed by atoms with Crippen LogP contribution < -0.4 is 4.74 Å². The van der Waals surface area contributed by atoms with Gasteiger partial charge in [-0.2, -0.15) is 17.9 Å². The molecule has 2 aromatic carbocycles. The lowest BCUT2D eigenvalue weighted by Gasteiger charge is -2.36. The van der Waals surface area contributed by atoms with Crippen molar-refractivity contribution in [3.05, 3.63) is 65.2 Å². The number of para-hydroxylation sites is 1. The summed E-state index contributed by atoms with van der Waals surface area (Å²) in [6.45, 7) is 0. The summed E-state index contributed by atoms with van der Waals surface area (Å²) in [5, 5.41) is 29.1. The second kappa shape index (κ2) is 8.14. The number of hydrogen-bond donors (Lipinski definition) is 3. The zero-order chi connectivity index (χ0) is 18.7. The van der Waals surface area contributed by atoms with Gasteiger partial charge >= 0.3 is 0 Å². The molecule has 26 heavy (non-hydrogen) atoms. The fourth-order valence-electron chi connectivity index (χ4n) is 2.70. The van der Waals surface area contributed by atoms with Crippen molar-refractivity contribution in [1.29, 1.82) is 5.26 Å². The van der Waals surface area contributed by atoms with E-state index >= 15 is 0 Å². The van der Waals surface area contributed by atoms with Gasteiger partial charge in [-0.05, 0) is 24.3 Å². The van der Waals surface area contributed by atoms with Crippen LogP contribution >= 0.6 is 24.4 Å². The predicted molar refractivity (Wildman–Crippen MR) is 103 cm³/mol. The lowest BCUT2D eigenvalue weighted by Crippen LogP contribution is -2.50. The minimum absolute atomic E-state index is 0.285. The van der Waals surface area contributed by atoms with Gasteiger partial charge in [-0.15, -0.1) is 11.8 Å². The maximum atomic E-state index is 12.9. The second-order valence-electron chi connectivity index (χ2n) is 5.88. The maximum absolute atomic E-state index is 12.9. The molecule has 1 fully saturated rings. The Labute approximate surface area is 161 Å². The molecule has 3 rings (SSSR count). The Morgan fingerprint density at radius 3 is 2.77 bits per heavy atom. The number of ketones is 1. The van der Waals surface area contributed by atoms with E-state index in [1.54, 1.807) is 42.5 Å². The Balaban J connectivity index is 1.91. The Morgan fingerprint density at radius 2 is 2.00 bits per heavy atom. The number of hydrogen-bond acceptors (Lipinski definition) is 7. The Bertz CT molecular complexity index is 851. The SMILES string of the molecule is N#Cc1cccc(C(=O)c2ccccc2O[C@@H]2[C@@H](O)[C@H](O)CS[C@@H]2S)c1. The highest BCUT2D eigenvalue weighted by Crippen LogP contribution is 2.33. The van der Waals surface area contributed by atoms with E-state index in [-0.39, 0.29) is 10.4 Å². The summed E-state index contributed by atoms with van der Waals surface area (Å²) >= 11 is 5.80. The van der Waals surface area contributed by atoms with Gasteiger partial charge in [0.05, 0.1) is 27.9 Å². The zero-order valence-electron chi connectivity index (χ0n) is 13.6. The predicted octanol–water partition coefficient (Wildman–Crippen LogP) is 2.26.